The van der Waals surface area contributed by atoms with Crippen molar-refractivity contribution < 1.29 is 9.21 Å². The molecule has 0 atom stereocenters. The van der Waals surface area contributed by atoms with Crippen LogP contribution in [0.1, 0.15) is 49.5 Å². The molecule has 0 saturated heterocycles. The van der Waals surface area contributed by atoms with E-state index in [2.05, 4.69) is 56.5 Å². The van der Waals surface area contributed by atoms with Crippen molar-refractivity contribution in [1.29, 1.82) is 0 Å². The van der Waals surface area contributed by atoms with Crippen molar-refractivity contribution in [1.82, 2.24) is 20.2 Å². The van der Waals surface area contributed by atoms with E-state index in [1.807, 2.05) is 0 Å². The van der Waals surface area contributed by atoms with E-state index in [-0.39, 0.29) is 11.7 Å². The summed E-state index contributed by atoms with van der Waals surface area (Å²) in [7, 11) is 0. The van der Waals surface area contributed by atoms with Gasteiger partial charge in [-0.05, 0) is 31.9 Å². The molecule has 0 bridgehead atoms. The summed E-state index contributed by atoms with van der Waals surface area (Å²) >= 11 is 1.40. The van der Waals surface area contributed by atoms with Crippen LogP contribution in [-0.2, 0) is 4.79 Å². The Balaban J connectivity index is 1.48. The van der Waals surface area contributed by atoms with Gasteiger partial charge in [0.05, 0.1) is 18.2 Å². The molecule has 2 aromatic heterocycles. The Hall–Kier alpha value is -2.87. The second-order valence-electron chi connectivity index (χ2n) is 7.43. The lowest BCUT2D eigenvalue weighted by Crippen LogP contribution is -2.20. The third kappa shape index (κ3) is 4.99. The molecule has 2 heterocycles. The minimum Gasteiger partial charge on any atom is -0.463 e. The first kappa shape index (κ1) is 20.4. The van der Waals surface area contributed by atoms with Gasteiger partial charge in [0.2, 0.25) is 0 Å². The van der Waals surface area contributed by atoms with Crippen molar-refractivity contribution in [2.24, 2.45) is 5.10 Å². The summed E-state index contributed by atoms with van der Waals surface area (Å²) < 4.78 is 7.38. The Bertz CT molecular complexity index is 989. The molecule has 1 N–H and O–H groups in total. The van der Waals surface area contributed by atoms with Gasteiger partial charge < -0.3 is 4.42 Å². The quantitative estimate of drug-likeness (QED) is 0.341. The lowest BCUT2D eigenvalue weighted by molar-refractivity contribution is -0.118. The van der Waals surface area contributed by atoms with Crippen molar-refractivity contribution in [2.75, 3.05) is 5.75 Å². The van der Waals surface area contributed by atoms with Gasteiger partial charge in [0, 0.05) is 11.6 Å². The number of hydrazone groups is 1. The average molecular weight is 424 g/mol. The molecule has 4 rings (SSSR count). The van der Waals surface area contributed by atoms with Crippen LogP contribution < -0.4 is 5.43 Å². The first-order valence-electron chi connectivity index (χ1n) is 10.2. The molecule has 0 radical (unpaired) electrons. The number of aryl methyl sites for hydroxylation is 1. The summed E-state index contributed by atoms with van der Waals surface area (Å²) in [6, 6.07) is 12.3. The van der Waals surface area contributed by atoms with E-state index in [9.17, 15) is 4.79 Å². The van der Waals surface area contributed by atoms with E-state index in [0.29, 0.717) is 11.8 Å². The van der Waals surface area contributed by atoms with Gasteiger partial charge in [0.25, 0.3) is 5.91 Å². The number of furan rings is 1. The number of hydrogen-bond acceptors (Lipinski definition) is 6. The standard InChI is InChI=1S/C22H25N5O2S/c1-16-9-11-17(12-10-16)21-25-26-22(27(21)18-6-3-2-4-7-18)30-15-20(28)24-23-14-19-8-5-13-29-19/h5,8-14,18H,2-4,6-7,15H2,1H3,(H,24,28)/b23-14+. The summed E-state index contributed by atoms with van der Waals surface area (Å²) in [5, 5.41) is 13.6. The minimum atomic E-state index is -0.196. The number of amides is 1. The fraction of sp³-hybridized carbons (Fsp3) is 0.364. The second-order valence-corrected chi connectivity index (χ2v) is 8.37. The van der Waals surface area contributed by atoms with Gasteiger partial charge in [-0.3, -0.25) is 9.36 Å². The summed E-state index contributed by atoms with van der Waals surface area (Å²) in [6.45, 7) is 2.07. The number of benzene rings is 1. The van der Waals surface area contributed by atoms with Crippen molar-refractivity contribution in [3.63, 3.8) is 0 Å². The highest BCUT2D eigenvalue weighted by atomic mass is 32.2. The summed E-state index contributed by atoms with van der Waals surface area (Å²) in [5.74, 6) is 1.48. The monoisotopic (exact) mass is 423 g/mol. The minimum absolute atomic E-state index is 0.196. The highest BCUT2D eigenvalue weighted by Crippen LogP contribution is 2.35. The number of nitrogens with zero attached hydrogens (tertiary/aromatic N) is 4. The Morgan fingerprint density at radius 2 is 2.03 bits per heavy atom. The fourth-order valence-corrected chi connectivity index (χ4v) is 4.44. The molecule has 1 saturated carbocycles. The van der Waals surface area contributed by atoms with E-state index in [4.69, 9.17) is 4.42 Å². The molecule has 1 aliphatic carbocycles. The van der Waals surface area contributed by atoms with Gasteiger partial charge in [-0.2, -0.15) is 5.10 Å². The Morgan fingerprint density at radius 3 is 2.77 bits per heavy atom. The van der Waals surface area contributed by atoms with Crippen molar-refractivity contribution in [2.45, 2.75) is 50.2 Å². The van der Waals surface area contributed by atoms with E-state index >= 15 is 0 Å². The number of thioether (sulfide) groups is 1. The molecule has 1 aliphatic rings. The molecule has 0 aliphatic heterocycles. The number of nitrogens with one attached hydrogen (secondary N) is 1. The lowest BCUT2D eigenvalue weighted by atomic mass is 9.95. The topological polar surface area (TPSA) is 85.3 Å². The number of carbonyl (C=O) groups is 1. The van der Waals surface area contributed by atoms with Gasteiger partial charge in [-0.25, -0.2) is 5.43 Å². The van der Waals surface area contributed by atoms with Crippen LogP contribution in [0.15, 0.2) is 57.3 Å². The summed E-state index contributed by atoms with van der Waals surface area (Å²) in [6.07, 6.45) is 8.96. The Kier molecular flexibility index (Phi) is 6.63. The molecule has 3 aromatic rings. The highest BCUT2D eigenvalue weighted by Gasteiger charge is 2.24. The van der Waals surface area contributed by atoms with Crippen LogP contribution >= 0.6 is 11.8 Å². The maximum absolute atomic E-state index is 12.2. The summed E-state index contributed by atoms with van der Waals surface area (Å²) in [4.78, 5) is 12.2. The first-order valence-corrected chi connectivity index (χ1v) is 11.2. The maximum atomic E-state index is 12.2. The van der Waals surface area contributed by atoms with Gasteiger partial charge in [0.1, 0.15) is 5.76 Å². The number of carbonyl (C=O) groups excluding carboxylic acids is 1. The van der Waals surface area contributed by atoms with Crippen LogP contribution in [0.4, 0.5) is 0 Å². The molecule has 1 aromatic carbocycles. The zero-order valence-electron chi connectivity index (χ0n) is 17.0. The van der Waals surface area contributed by atoms with Crippen molar-refractivity contribution in [3.8, 4) is 11.4 Å². The molecule has 8 heteroatoms. The molecular weight excluding hydrogens is 398 g/mol. The van der Waals surface area contributed by atoms with Crippen molar-refractivity contribution >= 4 is 23.9 Å². The Labute approximate surface area is 180 Å². The molecular formula is C22H25N5O2S. The van der Waals surface area contributed by atoms with Crippen LogP contribution in [0, 0.1) is 6.92 Å². The predicted octanol–water partition coefficient (Wildman–Crippen LogP) is 4.59. The van der Waals surface area contributed by atoms with E-state index in [1.54, 1.807) is 18.4 Å². The third-order valence-electron chi connectivity index (χ3n) is 5.17. The van der Waals surface area contributed by atoms with Gasteiger partial charge in [-0.1, -0.05) is 60.9 Å². The smallest absolute Gasteiger partial charge is 0.250 e. The van der Waals surface area contributed by atoms with Crippen LogP contribution in [0.25, 0.3) is 11.4 Å². The number of hydrogen-bond donors (Lipinski definition) is 1. The number of rotatable bonds is 7. The molecule has 0 unspecified atom stereocenters. The fourth-order valence-electron chi connectivity index (χ4n) is 3.64. The first-order chi connectivity index (χ1) is 14.7. The lowest BCUT2D eigenvalue weighted by Gasteiger charge is -2.25. The van der Waals surface area contributed by atoms with Crippen LogP contribution in [0.5, 0.6) is 0 Å². The van der Waals surface area contributed by atoms with Gasteiger partial charge in [-0.15, -0.1) is 10.2 Å². The van der Waals surface area contributed by atoms with E-state index in [1.165, 1.54) is 42.8 Å². The van der Waals surface area contributed by atoms with Gasteiger partial charge in [0.15, 0.2) is 11.0 Å². The van der Waals surface area contributed by atoms with Crippen LogP contribution in [0.2, 0.25) is 0 Å². The van der Waals surface area contributed by atoms with Crippen LogP contribution in [0.3, 0.4) is 0 Å². The Morgan fingerprint density at radius 1 is 1.23 bits per heavy atom. The summed E-state index contributed by atoms with van der Waals surface area (Å²) in [5.41, 5.74) is 4.79. The molecule has 30 heavy (non-hydrogen) atoms. The molecule has 1 amide bonds. The number of aromatic nitrogens is 3. The predicted molar refractivity (Wildman–Crippen MR) is 117 cm³/mol. The highest BCUT2D eigenvalue weighted by molar-refractivity contribution is 7.99. The van der Waals surface area contributed by atoms with Crippen molar-refractivity contribution in [3.05, 3.63) is 54.0 Å². The SMILES string of the molecule is Cc1ccc(-c2nnc(SCC(=O)N/N=C/c3ccco3)n2C2CCCCC2)cc1. The molecule has 0 spiro atoms. The second kappa shape index (κ2) is 9.75. The zero-order chi connectivity index (χ0) is 20.8. The molecule has 1 fully saturated rings. The molecule has 156 valence electrons. The average Bonchev–Trinajstić information content (AvgIpc) is 3.43. The van der Waals surface area contributed by atoms with E-state index in [0.717, 1.165) is 29.4 Å². The van der Waals surface area contributed by atoms with Gasteiger partial charge >= 0.3 is 0 Å². The maximum Gasteiger partial charge on any atom is 0.250 e. The zero-order valence-corrected chi connectivity index (χ0v) is 17.8. The molecule has 7 nitrogen and oxygen atoms in total. The van der Waals surface area contributed by atoms with Crippen LogP contribution in [-0.4, -0.2) is 32.6 Å². The van der Waals surface area contributed by atoms with E-state index < -0.39 is 0 Å². The third-order valence-corrected chi connectivity index (χ3v) is 6.11. The normalized spacial score (nSPS) is 15.0. The largest absolute Gasteiger partial charge is 0.463 e.